The Morgan fingerprint density at radius 3 is 2.35 bits per heavy atom. The lowest BCUT2D eigenvalue weighted by molar-refractivity contribution is -0.148. The van der Waals surface area contributed by atoms with Gasteiger partial charge >= 0.3 is 6.18 Å². The van der Waals surface area contributed by atoms with Crippen LogP contribution in [-0.2, 0) is 0 Å². The van der Waals surface area contributed by atoms with E-state index in [2.05, 4.69) is 5.32 Å². The second-order valence-corrected chi connectivity index (χ2v) is 5.23. The summed E-state index contributed by atoms with van der Waals surface area (Å²) < 4.78 is 49.5. The summed E-state index contributed by atoms with van der Waals surface area (Å²) in [5.74, 6) is 0.985. The van der Waals surface area contributed by atoms with Gasteiger partial charge in [0.15, 0.2) is 0 Å². The number of benzene rings is 1. The molecule has 23 heavy (non-hydrogen) atoms. The lowest BCUT2D eigenvalue weighted by Crippen LogP contribution is -2.46. The van der Waals surface area contributed by atoms with Crippen LogP contribution in [0.3, 0.4) is 0 Å². The van der Waals surface area contributed by atoms with Crippen molar-refractivity contribution >= 4 is 12.4 Å². The van der Waals surface area contributed by atoms with Gasteiger partial charge in [0, 0.05) is 43.9 Å². The number of ether oxygens (including phenoxy) is 2. The summed E-state index contributed by atoms with van der Waals surface area (Å²) in [6.45, 7) is 2.53. The molecule has 0 aromatic heterocycles. The Balaban J connectivity index is 0.00000264. The van der Waals surface area contributed by atoms with Gasteiger partial charge < -0.3 is 14.8 Å². The van der Waals surface area contributed by atoms with Gasteiger partial charge in [-0.3, -0.25) is 4.90 Å². The Morgan fingerprint density at radius 2 is 1.83 bits per heavy atom. The van der Waals surface area contributed by atoms with Crippen molar-refractivity contribution in [2.45, 2.75) is 18.6 Å². The van der Waals surface area contributed by atoms with Crippen LogP contribution in [0.2, 0.25) is 0 Å². The molecule has 1 aromatic carbocycles. The lowest BCUT2D eigenvalue weighted by atomic mass is 9.99. The third kappa shape index (κ3) is 5.44. The largest absolute Gasteiger partial charge is 0.497 e. The molecule has 132 valence electrons. The van der Waals surface area contributed by atoms with E-state index in [4.69, 9.17) is 9.47 Å². The molecule has 1 aliphatic heterocycles. The van der Waals surface area contributed by atoms with Gasteiger partial charge in [-0.25, -0.2) is 0 Å². The summed E-state index contributed by atoms with van der Waals surface area (Å²) in [6, 6.07) is 4.21. The maximum absolute atomic E-state index is 13.0. The number of hydrogen-bond acceptors (Lipinski definition) is 4. The monoisotopic (exact) mass is 354 g/mol. The Labute approximate surface area is 140 Å². The second kappa shape index (κ2) is 8.61. The number of methoxy groups -OCH3 is 2. The molecule has 1 fully saturated rings. The number of alkyl halides is 3. The summed E-state index contributed by atoms with van der Waals surface area (Å²) in [4.78, 5) is 1.86. The van der Waals surface area contributed by atoms with Gasteiger partial charge in [-0.15, -0.1) is 12.4 Å². The molecule has 1 aromatic rings. The maximum Gasteiger partial charge on any atom is 0.390 e. The molecule has 8 heteroatoms. The van der Waals surface area contributed by atoms with Crippen LogP contribution in [0.5, 0.6) is 11.5 Å². The fourth-order valence-corrected chi connectivity index (χ4v) is 2.74. The van der Waals surface area contributed by atoms with Crippen molar-refractivity contribution in [2.75, 3.05) is 40.4 Å². The lowest BCUT2D eigenvalue weighted by Gasteiger charge is -2.36. The van der Waals surface area contributed by atoms with Crippen molar-refractivity contribution in [1.29, 1.82) is 0 Å². The number of hydrogen-bond donors (Lipinski definition) is 1. The molecule has 0 aliphatic carbocycles. The Kier molecular flexibility index (Phi) is 7.44. The van der Waals surface area contributed by atoms with E-state index in [1.54, 1.807) is 18.2 Å². The summed E-state index contributed by atoms with van der Waals surface area (Å²) in [5.41, 5.74) is 0.544. The van der Waals surface area contributed by atoms with Gasteiger partial charge in [-0.05, 0) is 6.07 Å². The van der Waals surface area contributed by atoms with Crippen molar-refractivity contribution in [3.05, 3.63) is 23.8 Å². The molecule has 0 saturated carbocycles. The van der Waals surface area contributed by atoms with Crippen LogP contribution >= 0.6 is 12.4 Å². The van der Waals surface area contributed by atoms with Crippen molar-refractivity contribution in [1.82, 2.24) is 10.2 Å². The van der Waals surface area contributed by atoms with Gasteiger partial charge in [0.05, 0.1) is 20.6 Å². The van der Waals surface area contributed by atoms with Gasteiger partial charge in [0.25, 0.3) is 0 Å². The maximum atomic E-state index is 13.0. The quantitative estimate of drug-likeness (QED) is 0.881. The Bertz CT molecular complexity index is 494. The fraction of sp³-hybridized carbons (Fsp3) is 0.600. The van der Waals surface area contributed by atoms with Crippen LogP contribution in [0.1, 0.15) is 18.0 Å². The first kappa shape index (κ1) is 19.9. The molecule has 1 aliphatic rings. The number of piperazine rings is 1. The molecule has 1 N–H and O–H groups in total. The smallest absolute Gasteiger partial charge is 0.390 e. The number of rotatable bonds is 5. The first-order valence-electron chi connectivity index (χ1n) is 7.18. The number of nitrogens with one attached hydrogen (secondary N) is 1. The van der Waals surface area contributed by atoms with Crippen LogP contribution in [0.25, 0.3) is 0 Å². The number of halogens is 4. The van der Waals surface area contributed by atoms with Crippen molar-refractivity contribution in [3.8, 4) is 11.5 Å². The minimum absolute atomic E-state index is 0. The zero-order valence-electron chi connectivity index (χ0n) is 13.2. The first-order valence-corrected chi connectivity index (χ1v) is 7.18. The van der Waals surface area contributed by atoms with E-state index in [0.29, 0.717) is 43.2 Å². The third-order valence-electron chi connectivity index (χ3n) is 3.82. The van der Waals surface area contributed by atoms with Crippen molar-refractivity contribution in [2.24, 2.45) is 0 Å². The molecule has 0 unspecified atom stereocenters. The van der Waals surface area contributed by atoms with Gasteiger partial charge in [-0.1, -0.05) is 6.07 Å². The molecule has 0 amide bonds. The average Bonchev–Trinajstić information content (AvgIpc) is 2.52. The standard InChI is InChI=1S/C15H21F3N2O2.ClH/c1-21-11-3-4-12(14(9-11)22-2)13(10-15(16,17)18)20-7-5-19-6-8-20;/h3-4,9,13,19H,5-8,10H2,1-2H3;1H/t13-;/m0./s1. The SMILES string of the molecule is COc1ccc([C@H](CC(F)(F)F)N2CCNCC2)c(OC)c1.Cl. The van der Waals surface area contributed by atoms with Crippen molar-refractivity contribution < 1.29 is 22.6 Å². The number of nitrogens with zero attached hydrogens (tertiary/aromatic N) is 1. The molecule has 1 saturated heterocycles. The molecular weight excluding hydrogens is 333 g/mol. The van der Waals surface area contributed by atoms with Gasteiger partial charge in [0.2, 0.25) is 0 Å². The van der Waals surface area contributed by atoms with E-state index in [1.165, 1.54) is 14.2 Å². The van der Waals surface area contributed by atoms with Crippen LogP contribution in [0.15, 0.2) is 18.2 Å². The zero-order chi connectivity index (χ0) is 16.2. The van der Waals surface area contributed by atoms with E-state index in [-0.39, 0.29) is 12.4 Å². The summed E-state index contributed by atoms with van der Waals surface area (Å²) in [6.07, 6.45) is -5.13. The molecule has 4 nitrogen and oxygen atoms in total. The highest BCUT2D eigenvalue weighted by atomic mass is 35.5. The van der Waals surface area contributed by atoms with Crippen LogP contribution in [0, 0.1) is 0 Å². The minimum atomic E-state index is -4.24. The van der Waals surface area contributed by atoms with E-state index in [9.17, 15) is 13.2 Å². The highest BCUT2D eigenvalue weighted by Crippen LogP contribution is 2.39. The topological polar surface area (TPSA) is 33.7 Å². The molecular formula is C15H22ClF3N2O2. The fourth-order valence-electron chi connectivity index (χ4n) is 2.74. The predicted molar refractivity (Wildman–Crippen MR) is 84.6 cm³/mol. The van der Waals surface area contributed by atoms with Crippen LogP contribution < -0.4 is 14.8 Å². The molecule has 0 radical (unpaired) electrons. The molecule has 1 atom stereocenters. The summed E-state index contributed by atoms with van der Waals surface area (Å²) in [7, 11) is 2.97. The van der Waals surface area contributed by atoms with Crippen LogP contribution in [-0.4, -0.2) is 51.5 Å². The third-order valence-corrected chi connectivity index (χ3v) is 3.82. The molecule has 1 heterocycles. The average molecular weight is 355 g/mol. The van der Waals surface area contributed by atoms with E-state index in [1.807, 2.05) is 4.90 Å². The first-order chi connectivity index (χ1) is 10.4. The minimum Gasteiger partial charge on any atom is -0.497 e. The highest BCUT2D eigenvalue weighted by molar-refractivity contribution is 5.85. The van der Waals surface area contributed by atoms with Crippen LogP contribution in [0.4, 0.5) is 13.2 Å². The predicted octanol–water partition coefficient (Wildman–Crippen LogP) is 3.02. The normalized spacial score (nSPS) is 17.3. The Hall–Kier alpha value is -1.18. The van der Waals surface area contributed by atoms with E-state index < -0.39 is 18.6 Å². The van der Waals surface area contributed by atoms with E-state index >= 15 is 0 Å². The summed E-state index contributed by atoms with van der Waals surface area (Å²) in [5, 5.41) is 3.16. The van der Waals surface area contributed by atoms with Gasteiger partial charge in [-0.2, -0.15) is 13.2 Å². The zero-order valence-corrected chi connectivity index (χ0v) is 14.0. The van der Waals surface area contributed by atoms with Crippen molar-refractivity contribution in [3.63, 3.8) is 0 Å². The van der Waals surface area contributed by atoms with Gasteiger partial charge in [0.1, 0.15) is 11.5 Å². The molecule has 0 spiro atoms. The Morgan fingerprint density at radius 1 is 1.17 bits per heavy atom. The summed E-state index contributed by atoms with van der Waals surface area (Å²) >= 11 is 0. The molecule has 0 bridgehead atoms. The molecule has 2 rings (SSSR count). The highest BCUT2D eigenvalue weighted by Gasteiger charge is 2.37. The second-order valence-electron chi connectivity index (χ2n) is 5.23. The van der Waals surface area contributed by atoms with E-state index in [0.717, 1.165) is 0 Å².